The van der Waals surface area contributed by atoms with Crippen LogP contribution in [0.1, 0.15) is 54.5 Å². The largest absolute Gasteiger partial charge is 0.466 e. The summed E-state index contributed by atoms with van der Waals surface area (Å²) in [4.78, 5) is 43.2. The van der Waals surface area contributed by atoms with Crippen LogP contribution in [0, 0.1) is 31.1 Å². The van der Waals surface area contributed by atoms with E-state index in [2.05, 4.69) is 11.0 Å². The van der Waals surface area contributed by atoms with Crippen molar-refractivity contribution in [2.45, 2.75) is 53.6 Å². The number of pyridine rings is 1. The third kappa shape index (κ3) is 5.80. The van der Waals surface area contributed by atoms with Crippen molar-refractivity contribution < 1.29 is 14.3 Å². The first-order valence-corrected chi connectivity index (χ1v) is 14.3. The number of benzene rings is 1. The van der Waals surface area contributed by atoms with Crippen molar-refractivity contribution in [1.82, 2.24) is 9.47 Å². The molecule has 0 radical (unpaired) electrons. The first kappa shape index (κ1) is 28.6. The van der Waals surface area contributed by atoms with E-state index in [0.717, 1.165) is 11.1 Å². The van der Waals surface area contributed by atoms with Crippen LogP contribution >= 0.6 is 24.0 Å². The second-order valence-corrected chi connectivity index (χ2v) is 11.3. The molecule has 0 spiro atoms. The molecular weight excluding hydrogens is 532 g/mol. The number of piperidine rings is 1. The third-order valence-electron chi connectivity index (χ3n) is 7.19. The zero-order valence-corrected chi connectivity index (χ0v) is 24.3. The number of aromatic nitrogens is 1. The topological polar surface area (TPSA) is 95.6 Å². The summed E-state index contributed by atoms with van der Waals surface area (Å²) in [5.41, 5.74) is 2.99. The van der Waals surface area contributed by atoms with E-state index in [-0.39, 0.29) is 28.9 Å². The van der Waals surface area contributed by atoms with Crippen LogP contribution in [0.3, 0.4) is 0 Å². The van der Waals surface area contributed by atoms with E-state index in [1.165, 1.54) is 11.8 Å². The summed E-state index contributed by atoms with van der Waals surface area (Å²) in [5.74, 6) is 0.0669. The van der Waals surface area contributed by atoms with Crippen LogP contribution < -0.4 is 10.5 Å². The highest BCUT2D eigenvalue weighted by Crippen LogP contribution is 2.37. The molecule has 2 aliphatic heterocycles. The lowest BCUT2D eigenvalue weighted by molar-refractivity contribution is -0.148. The Labute approximate surface area is 238 Å². The number of hydrogen-bond acceptors (Lipinski definition) is 8. The van der Waals surface area contributed by atoms with Crippen molar-refractivity contribution in [1.29, 1.82) is 5.26 Å². The molecule has 1 aromatic carbocycles. The number of anilines is 1. The highest BCUT2D eigenvalue weighted by molar-refractivity contribution is 8.26. The maximum Gasteiger partial charge on any atom is 0.309 e. The number of ether oxygens (including phenoxy) is 1. The van der Waals surface area contributed by atoms with Crippen LogP contribution in [0.25, 0.3) is 6.08 Å². The van der Waals surface area contributed by atoms with Crippen LogP contribution in [0.5, 0.6) is 0 Å². The molecule has 2 saturated heterocycles. The number of amides is 1. The van der Waals surface area contributed by atoms with Crippen LogP contribution in [0.15, 0.2) is 34.0 Å². The normalized spacial score (nSPS) is 17.2. The van der Waals surface area contributed by atoms with Crippen molar-refractivity contribution in [3.05, 3.63) is 67.3 Å². The Morgan fingerprint density at radius 3 is 2.44 bits per heavy atom. The van der Waals surface area contributed by atoms with E-state index in [1.807, 2.05) is 38.1 Å². The van der Waals surface area contributed by atoms with Gasteiger partial charge in [-0.25, -0.2) is 0 Å². The number of aryl methyl sites for hydroxylation is 1. The number of rotatable bonds is 7. The van der Waals surface area contributed by atoms with Gasteiger partial charge in [-0.2, -0.15) is 5.26 Å². The highest BCUT2D eigenvalue weighted by atomic mass is 32.2. The first-order valence-electron chi connectivity index (χ1n) is 13.1. The standard InChI is InChI=1S/C29H32N4O4S2/c1-5-32-25(31-13-11-21(12-14-31)28(36)37-6-2)22(19(4)23(16-30)26(32)34)15-24-27(35)33(29(38)39-24)17-20-9-7-18(3)8-10-20/h7-10,15,21H,5-6,11-14,17H2,1-4H3. The van der Waals surface area contributed by atoms with Gasteiger partial charge in [0.15, 0.2) is 0 Å². The zero-order valence-electron chi connectivity index (χ0n) is 22.7. The number of hydrogen-bond donors (Lipinski definition) is 0. The summed E-state index contributed by atoms with van der Waals surface area (Å²) in [6.45, 7) is 9.57. The fraction of sp³-hybridized carbons (Fsp3) is 0.414. The fourth-order valence-electron chi connectivity index (χ4n) is 5.01. The van der Waals surface area contributed by atoms with E-state index < -0.39 is 0 Å². The van der Waals surface area contributed by atoms with Gasteiger partial charge in [-0.3, -0.25) is 23.9 Å². The van der Waals surface area contributed by atoms with E-state index in [4.69, 9.17) is 17.0 Å². The number of thioether (sulfide) groups is 1. The predicted octanol–water partition coefficient (Wildman–Crippen LogP) is 4.54. The summed E-state index contributed by atoms with van der Waals surface area (Å²) in [7, 11) is 0. The van der Waals surface area contributed by atoms with Gasteiger partial charge in [0, 0.05) is 25.2 Å². The SMILES string of the molecule is CCOC(=O)C1CCN(c2c(C=C3SC(=S)N(Cc4ccc(C)cc4)C3=O)c(C)c(C#N)c(=O)n2CC)CC1. The second-order valence-electron chi connectivity index (χ2n) is 9.67. The molecule has 0 aliphatic carbocycles. The summed E-state index contributed by atoms with van der Waals surface area (Å²) >= 11 is 6.79. The number of thiocarbonyl (C=S) groups is 1. The van der Waals surface area contributed by atoms with Gasteiger partial charge in [0.1, 0.15) is 21.8 Å². The Balaban J connectivity index is 1.73. The number of esters is 1. The molecule has 1 aromatic heterocycles. The molecule has 0 bridgehead atoms. The Bertz CT molecular complexity index is 1430. The minimum atomic E-state index is -0.357. The molecule has 1 amide bonds. The number of carbonyl (C=O) groups excluding carboxylic acids is 2. The molecule has 8 nitrogen and oxygen atoms in total. The molecule has 0 N–H and O–H groups in total. The molecule has 39 heavy (non-hydrogen) atoms. The van der Waals surface area contributed by atoms with Crippen LogP contribution in [-0.2, 0) is 27.4 Å². The minimum absolute atomic E-state index is 0.0587. The van der Waals surface area contributed by atoms with E-state index in [9.17, 15) is 19.6 Å². The summed E-state index contributed by atoms with van der Waals surface area (Å²) < 4.78 is 7.27. The molecular formula is C29H32N4O4S2. The lowest BCUT2D eigenvalue weighted by Gasteiger charge is -2.35. The molecule has 204 valence electrons. The van der Waals surface area contributed by atoms with Crippen LogP contribution in [0.2, 0.25) is 0 Å². The number of nitriles is 1. The molecule has 0 atom stereocenters. The molecule has 10 heteroatoms. The number of nitrogens with zero attached hydrogens (tertiary/aromatic N) is 4. The van der Waals surface area contributed by atoms with Crippen LogP contribution in [-0.4, -0.2) is 45.4 Å². The van der Waals surface area contributed by atoms with Gasteiger partial charge < -0.3 is 9.64 Å². The maximum absolute atomic E-state index is 13.5. The summed E-state index contributed by atoms with van der Waals surface area (Å²) in [5, 5.41) is 9.82. The molecule has 4 rings (SSSR count). The molecule has 2 aromatic rings. The van der Waals surface area contributed by atoms with Gasteiger partial charge in [0.05, 0.1) is 24.0 Å². The summed E-state index contributed by atoms with van der Waals surface area (Å²) in [6.07, 6.45) is 2.95. The molecule has 2 fully saturated rings. The third-order valence-corrected chi connectivity index (χ3v) is 8.57. The molecule has 3 heterocycles. The van der Waals surface area contributed by atoms with Gasteiger partial charge in [0.2, 0.25) is 0 Å². The second kappa shape index (κ2) is 12.2. The lowest BCUT2D eigenvalue weighted by Crippen LogP contribution is -2.41. The Morgan fingerprint density at radius 2 is 1.85 bits per heavy atom. The highest BCUT2D eigenvalue weighted by Gasteiger charge is 2.34. The Kier molecular flexibility index (Phi) is 8.93. The van der Waals surface area contributed by atoms with E-state index in [1.54, 1.807) is 29.4 Å². The average molecular weight is 565 g/mol. The van der Waals surface area contributed by atoms with Crippen molar-refractivity contribution in [2.75, 3.05) is 24.6 Å². The van der Waals surface area contributed by atoms with Crippen molar-refractivity contribution in [3.63, 3.8) is 0 Å². The fourth-order valence-corrected chi connectivity index (χ4v) is 6.25. The smallest absolute Gasteiger partial charge is 0.309 e. The molecule has 0 saturated carbocycles. The van der Waals surface area contributed by atoms with Gasteiger partial charge in [-0.05, 0) is 57.7 Å². The number of carbonyl (C=O) groups is 2. The quantitative estimate of drug-likeness (QED) is 0.275. The Hall–Kier alpha value is -3.42. The maximum atomic E-state index is 13.5. The first-order chi connectivity index (χ1) is 18.7. The minimum Gasteiger partial charge on any atom is -0.466 e. The van der Waals surface area contributed by atoms with Gasteiger partial charge >= 0.3 is 5.97 Å². The lowest BCUT2D eigenvalue weighted by atomic mass is 9.95. The van der Waals surface area contributed by atoms with E-state index >= 15 is 0 Å². The molecule has 2 aliphatic rings. The monoisotopic (exact) mass is 564 g/mol. The van der Waals surface area contributed by atoms with E-state index in [0.29, 0.717) is 71.8 Å². The van der Waals surface area contributed by atoms with Gasteiger partial charge in [0.25, 0.3) is 11.5 Å². The Morgan fingerprint density at radius 1 is 1.18 bits per heavy atom. The molecule has 0 unspecified atom stereocenters. The van der Waals surface area contributed by atoms with Crippen molar-refractivity contribution in [2.24, 2.45) is 5.92 Å². The average Bonchev–Trinajstić information content (AvgIpc) is 3.19. The zero-order chi connectivity index (χ0) is 28.3. The van der Waals surface area contributed by atoms with Crippen LogP contribution in [0.4, 0.5) is 5.82 Å². The van der Waals surface area contributed by atoms with Crippen molar-refractivity contribution in [3.8, 4) is 6.07 Å². The van der Waals surface area contributed by atoms with Gasteiger partial charge in [-0.1, -0.05) is 53.8 Å². The summed E-state index contributed by atoms with van der Waals surface area (Å²) in [6, 6.07) is 10.0. The predicted molar refractivity (Wildman–Crippen MR) is 157 cm³/mol. The van der Waals surface area contributed by atoms with Crippen molar-refractivity contribution >= 4 is 52.1 Å². The van der Waals surface area contributed by atoms with Gasteiger partial charge in [-0.15, -0.1) is 0 Å².